The number of anilines is 1. The van der Waals surface area contributed by atoms with Crippen LogP contribution in [0.1, 0.15) is 30.3 Å². The summed E-state index contributed by atoms with van der Waals surface area (Å²) in [5.74, 6) is -1.77. The number of nitrogens with two attached hydrogens (primary N) is 1. The van der Waals surface area contributed by atoms with Crippen LogP contribution < -0.4 is 5.73 Å². The van der Waals surface area contributed by atoms with E-state index in [0.29, 0.717) is 5.69 Å². The fourth-order valence-electron chi connectivity index (χ4n) is 2.61. The largest absolute Gasteiger partial charge is 0.451 e. The zero-order valence-corrected chi connectivity index (χ0v) is 12.2. The summed E-state index contributed by atoms with van der Waals surface area (Å²) >= 11 is 0. The molecular weight excluding hydrogens is 326 g/mol. The first-order valence-electron chi connectivity index (χ1n) is 7.23. The van der Waals surface area contributed by atoms with Gasteiger partial charge in [-0.15, -0.1) is 0 Å². The van der Waals surface area contributed by atoms with Crippen molar-refractivity contribution in [3.8, 4) is 5.69 Å². The van der Waals surface area contributed by atoms with Crippen LogP contribution in [-0.4, -0.2) is 19.5 Å². The lowest BCUT2D eigenvalue weighted by molar-refractivity contribution is -0.144. The van der Waals surface area contributed by atoms with E-state index in [1.807, 2.05) is 0 Å². The molecule has 0 amide bonds. The quantitative estimate of drug-likeness (QED) is 0.727. The molecule has 0 bridgehead atoms. The lowest BCUT2D eigenvalue weighted by Gasteiger charge is -2.09. The molecule has 1 fully saturated rings. The Morgan fingerprint density at radius 2 is 1.71 bits per heavy atom. The van der Waals surface area contributed by atoms with E-state index in [1.165, 1.54) is 28.8 Å². The zero-order valence-electron chi connectivity index (χ0n) is 12.2. The molecule has 0 spiro atoms. The van der Waals surface area contributed by atoms with Gasteiger partial charge in [0.05, 0.1) is 11.4 Å². The van der Waals surface area contributed by atoms with Gasteiger partial charge in [0.1, 0.15) is 11.3 Å². The second-order valence-electron chi connectivity index (χ2n) is 5.66. The van der Waals surface area contributed by atoms with Gasteiger partial charge in [-0.1, -0.05) is 0 Å². The van der Waals surface area contributed by atoms with E-state index < -0.39 is 17.8 Å². The van der Waals surface area contributed by atoms with Gasteiger partial charge >= 0.3 is 6.18 Å². The third-order valence-corrected chi connectivity index (χ3v) is 3.86. The van der Waals surface area contributed by atoms with Crippen molar-refractivity contribution < 1.29 is 17.6 Å². The number of hydrogen-bond donors (Lipinski definition) is 1. The average molecular weight is 337 g/mol. The first kappa shape index (κ1) is 14.9. The molecule has 5 nitrogen and oxygen atoms in total. The van der Waals surface area contributed by atoms with E-state index in [1.54, 1.807) is 0 Å². The molecule has 2 N–H and O–H groups in total. The molecule has 0 atom stereocenters. The maximum Gasteiger partial charge on any atom is 0.451 e. The number of aromatic nitrogens is 4. The highest BCUT2D eigenvalue weighted by Gasteiger charge is 2.39. The van der Waals surface area contributed by atoms with Crippen molar-refractivity contribution in [1.82, 2.24) is 19.5 Å². The van der Waals surface area contributed by atoms with Gasteiger partial charge < -0.3 is 5.73 Å². The summed E-state index contributed by atoms with van der Waals surface area (Å²) in [6, 6.07) is 5.18. The van der Waals surface area contributed by atoms with Crippen LogP contribution in [0.2, 0.25) is 0 Å². The van der Waals surface area contributed by atoms with Crippen LogP contribution in [0, 0.1) is 5.82 Å². The molecule has 4 rings (SSSR count). The minimum Gasteiger partial charge on any atom is -0.369 e. The van der Waals surface area contributed by atoms with E-state index in [9.17, 15) is 17.6 Å². The summed E-state index contributed by atoms with van der Waals surface area (Å²) in [6.45, 7) is 0. The lowest BCUT2D eigenvalue weighted by Crippen LogP contribution is -2.13. The first-order chi connectivity index (χ1) is 11.3. The van der Waals surface area contributed by atoms with E-state index in [2.05, 4.69) is 15.0 Å². The minimum atomic E-state index is -4.68. The van der Waals surface area contributed by atoms with Gasteiger partial charge in [0.25, 0.3) is 0 Å². The molecule has 9 heteroatoms. The van der Waals surface area contributed by atoms with Crippen molar-refractivity contribution in [3.05, 3.63) is 41.6 Å². The third-order valence-electron chi connectivity index (χ3n) is 3.86. The number of alkyl halides is 3. The molecule has 3 aromatic rings. The summed E-state index contributed by atoms with van der Waals surface area (Å²) in [5, 5.41) is 0. The number of nitrogens with zero attached hydrogens (tertiary/aromatic N) is 4. The number of nitrogen functional groups attached to an aromatic ring is 1. The first-order valence-corrected chi connectivity index (χ1v) is 7.23. The summed E-state index contributed by atoms with van der Waals surface area (Å²) in [4.78, 5) is 11.4. The van der Waals surface area contributed by atoms with Crippen LogP contribution in [0.15, 0.2) is 24.3 Å². The molecule has 24 heavy (non-hydrogen) atoms. The highest BCUT2D eigenvalue weighted by atomic mass is 19.4. The zero-order chi connectivity index (χ0) is 17.1. The number of imidazole rings is 1. The van der Waals surface area contributed by atoms with Gasteiger partial charge in [0.15, 0.2) is 5.65 Å². The van der Waals surface area contributed by atoms with Gasteiger partial charge in [-0.3, -0.25) is 4.57 Å². The van der Waals surface area contributed by atoms with Crippen LogP contribution in [0.4, 0.5) is 23.5 Å². The van der Waals surface area contributed by atoms with Crippen molar-refractivity contribution in [2.45, 2.75) is 24.9 Å². The molecule has 0 unspecified atom stereocenters. The summed E-state index contributed by atoms with van der Waals surface area (Å²) < 4.78 is 53.8. The molecular formula is C15H11F4N5. The fraction of sp³-hybridized carbons (Fsp3) is 0.267. The molecule has 0 radical (unpaired) electrons. The number of benzene rings is 1. The predicted octanol–water partition coefficient (Wildman–Crippen LogP) is 3.43. The molecule has 1 aromatic carbocycles. The predicted molar refractivity (Wildman–Crippen MR) is 78.0 cm³/mol. The summed E-state index contributed by atoms with van der Waals surface area (Å²) in [7, 11) is 0. The topological polar surface area (TPSA) is 69.6 Å². The van der Waals surface area contributed by atoms with E-state index in [0.717, 1.165) is 12.8 Å². The highest BCUT2D eigenvalue weighted by molar-refractivity contribution is 5.80. The Bertz CT molecular complexity index is 926. The monoisotopic (exact) mass is 337 g/mol. The third kappa shape index (κ3) is 2.36. The molecule has 1 aliphatic rings. The Labute approximate surface area is 133 Å². The normalized spacial score (nSPS) is 15.2. The lowest BCUT2D eigenvalue weighted by atomic mass is 10.2. The van der Waals surface area contributed by atoms with Crippen LogP contribution >= 0.6 is 0 Å². The molecule has 2 aromatic heterocycles. The highest BCUT2D eigenvalue weighted by Crippen LogP contribution is 2.43. The molecule has 1 aliphatic carbocycles. The second-order valence-corrected chi connectivity index (χ2v) is 5.66. The number of rotatable bonds is 2. The molecule has 124 valence electrons. The molecule has 1 saturated carbocycles. The van der Waals surface area contributed by atoms with Gasteiger partial charge in [0.2, 0.25) is 11.8 Å². The second kappa shape index (κ2) is 4.89. The minimum absolute atomic E-state index is 0.0212. The average Bonchev–Trinajstić information content (AvgIpc) is 3.29. The van der Waals surface area contributed by atoms with Crippen LogP contribution in [-0.2, 0) is 6.18 Å². The van der Waals surface area contributed by atoms with Crippen LogP contribution in [0.3, 0.4) is 0 Å². The van der Waals surface area contributed by atoms with Crippen molar-refractivity contribution in [3.63, 3.8) is 0 Å². The Hall–Kier alpha value is -2.71. The van der Waals surface area contributed by atoms with E-state index >= 15 is 0 Å². The van der Waals surface area contributed by atoms with Crippen LogP contribution in [0.5, 0.6) is 0 Å². The maximum atomic E-state index is 13.1. The molecule has 0 aliphatic heterocycles. The van der Waals surface area contributed by atoms with E-state index in [4.69, 9.17) is 5.73 Å². The van der Waals surface area contributed by atoms with Gasteiger partial charge in [0, 0.05) is 5.92 Å². The van der Waals surface area contributed by atoms with Crippen molar-refractivity contribution in [2.24, 2.45) is 0 Å². The summed E-state index contributed by atoms with van der Waals surface area (Å²) in [6.07, 6.45) is -3.16. The van der Waals surface area contributed by atoms with Crippen LogP contribution in [0.25, 0.3) is 16.9 Å². The standard InChI is InChI=1S/C15H11F4N5/c16-8-3-5-9(6-4-8)24-12-11(22-14(24)20)10(7-1-2-7)21-13(23-12)15(17,18)19/h3-7H,1-2H2,(H2,20,22). The summed E-state index contributed by atoms with van der Waals surface area (Å²) in [5.41, 5.74) is 6.76. The molecule has 2 heterocycles. The smallest absolute Gasteiger partial charge is 0.369 e. The van der Waals surface area contributed by atoms with Crippen molar-refractivity contribution in [2.75, 3.05) is 5.73 Å². The maximum absolute atomic E-state index is 13.1. The SMILES string of the molecule is Nc1nc2c(C3CC3)nc(C(F)(F)F)nc2n1-c1ccc(F)cc1. The van der Waals surface area contributed by atoms with Crippen molar-refractivity contribution >= 4 is 17.1 Å². The number of fused-ring (bicyclic) bond motifs is 1. The Morgan fingerprint density at radius 3 is 2.29 bits per heavy atom. The Balaban J connectivity index is 2.02. The van der Waals surface area contributed by atoms with Gasteiger partial charge in [-0.05, 0) is 37.1 Å². The Kier molecular flexibility index (Phi) is 3.03. The molecule has 0 saturated heterocycles. The number of halogens is 4. The van der Waals surface area contributed by atoms with Crippen molar-refractivity contribution in [1.29, 1.82) is 0 Å². The number of hydrogen-bond acceptors (Lipinski definition) is 4. The fourth-order valence-corrected chi connectivity index (χ4v) is 2.61. The van der Waals surface area contributed by atoms with E-state index in [-0.39, 0.29) is 28.7 Å². The van der Waals surface area contributed by atoms with Gasteiger partial charge in [-0.2, -0.15) is 13.2 Å². The Morgan fingerprint density at radius 1 is 1.04 bits per heavy atom. The van der Waals surface area contributed by atoms with Gasteiger partial charge in [-0.25, -0.2) is 19.3 Å².